The lowest BCUT2D eigenvalue weighted by molar-refractivity contribution is -0.143. The lowest BCUT2D eigenvalue weighted by atomic mass is 10.3. The summed E-state index contributed by atoms with van der Waals surface area (Å²) in [6.45, 7) is 1.27. The van der Waals surface area contributed by atoms with E-state index in [0.29, 0.717) is 10.3 Å². The van der Waals surface area contributed by atoms with Crippen molar-refractivity contribution in [2.45, 2.75) is 19.6 Å². The first kappa shape index (κ1) is 13.2. The van der Waals surface area contributed by atoms with E-state index in [2.05, 4.69) is 5.16 Å². The smallest absolute Gasteiger partial charge is 0.431 e. The molecule has 2 rings (SSSR count). The molecule has 0 aromatic carbocycles. The molecule has 19 heavy (non-hydrogen) atoms. The minimum Gasteiger partial charge on any atom is -0.477 e. The van der Waals surface area contributed by atoms with Gasteiger partial charge in [-0.2, -0.15) is 13.2 Å². The van der Waals surface area contributed by atoms with Gasteiger partial charge in [0.2, 0.25) is 0 Å². The van der Waals surface area contributed by atoms with Crippen LogP contribution < -0.4 is 0 Å². The maximum Gasteiger partial charge on any atom is 0.431 e. The molecule has 0 aliphatic heterocycles. The van der Waals surface area contributed by atoms with Gasteiger partial charge in [0.1, 0.15) is 22.8 Å². The Morgan fingerprint density at radius 2 is 2.16 bits per heavy atom. The highest BCUT2D eigenvalue weighted by Crippen LogP contribution is 2.31. The normalized spacial score (nSPS) is 11.8. The Morgan fingerprint density at radius 3 is 2.63 bits per heavy atom. The predicted molar refractivity (Wildman–Crippen MR) is 56.7 cm³/mol. The first-order valence-corrected chi connectivity index (χ1v) is 5.21. The Labute approximate surface area is 105 Å². The zero-order valence-electron chi connectivity index (χ0n) is 9.73. The molecule has 8 heteroatoms. The molecule has 2 aromatic heterocycles. The Morgan fingerprint density at radius 1 is 1.47 bits per heavy atom. The van der Waals surface area contributed by atoms with E-state index in [4.69, 9.17) is 9.63 Å². The lowest BCUT2D eigenvalue weighted by Crippen LogP contribution is -2.18. The molecule has 0 radical (unpaired) electrons. The summed E-state index contributed by atoms with van der Waals surface area (Å²) < 4.78 is 43.7. The van der Waals surface area contributed by atoms with Crippen LogP contribution in [0.5, 0.6) is 0 Å². The molecule has 1 N–H and O–H groups in total. The summed E-state index contributed by atoms with van der Waals surface area (Å²) in [5, 5.41) is 12.5. The predicted octanol–water partition coefficient (Wildman–Crippen LogP) is 2.55. The minimum absolute atomic E-state index is 0.224. The van der Waals surface area contributed by atoms with Crippen LogP contribution in [0.3, 0.4) is 0 Å². The summed E-state index contributed by atoms with van der Waals surface area (Å²) in [7, 11) is 0. The van der Waals surface area contributed by atoms with Crippen molar-refractivity contribution in [2.75, 3.05) is 0 Å². The monoisotopic (exact) mass is 274 g/mol. The van der Waals surface area contributed by atoms with Gasteiger partial charge in [-0.05, 0) is 19.1 Å². The van der Waals surface area contributed by atoms with Gasteiger partial charge in [-0.25, -0.2) is 4.79 Å². The first-order valence-electron chi connectivity index (χ1n) is 5.21. The molecule has 0 aliphatic carbocycles. The number of alkyl halides is 3. The van der Waals surface area contributed by atoms with Crippen LogP contribution in [-0.4, -0.2) is 20.8 Å². The van der Waals surface area contributed by atoms with Gasteiger partial charge in [0, 0.05) is 6.07 Å². The number of carboxylic acids is 1. The third kappa shape index (κ3) is 2.61. The summed E-state index contributed by atoms with van der Waals surface area (Å²) in [5.41, 5.74) is -1.26. The van der Waals surface area contributed by atoms with E-state index < -0.39 is 23.5 Å². The highest BCUT2D eigenvalue weighted by atomic mass is 19.4. The molecule has 0 saturated heterocycles. The number of hydrogen-bond donors (Lipinski definition) is 1. The largest absolute Gasteiger partial charge is 0.477 e. The van der Waals surface area contributed by atoms with Crippen molar-refractivity contribution in [1.82, 2.24) is 9.72 Å². The standard InChI is InChI=1S/C11H9F3N2O3/c1-6-4-7(15-19-6)5-16-8(10(17)18)2-3-9(16)11(12,13)14/h2-4H,5H2,1H3,(H,17,18). The molecule has 102 valence electrons. The van der Waals surface area contributed by atoms with Crippen molar-refractivity contribution < 1.29 is 27.6 Å². The van der Waals surface area contributed by atoms with Gasteiger partial charge in [0.15, 0.2) is 0 Å². The molecule has 0 fully saturated rings. The molecule has 0 spiro atoms. The summed E-state index contributed by atoms with van der Waals surface area (Å²) in [6.07, 6.45) is -4.63. The first-order chi connectivity index (χ1) is 8.79. The molecule has 2 heterocycles. The summed E-state index contributed by atoms with van der Waals surface area (Å²) in [4.78, 5) is 10.9. The van der Waals surface area contributed by atoms with E-state index in [-0.39, 0.29) is 12.2 Å². The van der Waals surface area contributed by atoms with Crippen molar-refractivity contribution >= 4 is 5.97 Å². The Hall–Kier alpha value is -2.25. The maximum atomic E-state index is 12.8. The summed E-state index contributed by atoms with van der Waals surface area (Å²) in [5.74, 6) is -0.997. The van der Waals surface area contributed by atoms with Crippen LogP contribution in [0.4, 0.5) is 13.2 Å². The van der Waals surface area contributed by atoms with Gasteiger partial charge < -0.3 is 14.2 Å². The molecular weight excluding hydrogens is 265 g/mol. The number of nitrogens with zero attached hydrogens (tertiary/aromatic N) is 2. The highest BCUT2D eigenvalue weighted by Gasteiger charge is 2.36. The van der Waals surface area contributed by atoms with Crippen molar-refractivity contribution in [1.29, 1.82) is 0 Å². The van der Waals surface area contributed by atoms with Gasteiger partial charge in [0.05, 0.1) is 6.54 Å². The minimum atomic E-state index is -4.63. The third-order valence-electron chi connectivity index (χ3n) is 2.49. The molecular formula is C11H9F3N2O3. The van der Waals surface area contributed by atoms with Crippen LogP contribution in [0.25, 0.3) is 0 Å². The van der Waals surface area contributed by atoms with Crippen LogP contribution in [0.15, 0.2) is 22.7 Å². The maximum absolute atomic E-state index is 12.8. The summed E-state index contributed by atoms with van der Waals surface area (Å²) in [6, 6.07) is 3.10. The number of carbonyl (C=O) groups is 1. The van der Waals surface area contributed by atoms with E-state index in [1.807, 2.05) is 0 Å². The van der Waals surface area contributed by atoms with Gasteiger partial charge in [-0.15, -0.1) is 0 Å². The average molecular weight is 274 g/mol. The Balaban J connectivity index is 2.46. The second-order valence-corrected chi connectivity index (χ2v) is 3.92. The van der Waals surface area contributed by atoms with Crippen molar-refractivity contribution in [3.8, 4) is 0 Å². The second kappa shape index (κ2) is 4.45. The molecule has 0 unspecified atom stereocenters. The molecule has 0 amide bonds. The average Bonchev–Trinajstić information content (AvgIpc) is 2.84. The van der Waals surface area contributed by atoms with E-state index in [1.165, 1.54) is 6.07 Å². The van der Waals surface area contributed by atoms with E-state index >= 15 is 0 Å². The number of halogens is 3. The zero-order chi connectivity index (χ0) is 14.2. The topological polar surface area (TPSA) is 68.3 Å². The number of aromatic nitrogens is 2. The van der Waals surface area contributed by atoms with Gasteiger partial charge >= 0.3 is 12.1 Å². The highest BCUT2D eigenvalue weighted by molar-refractivity contribution is 5.86. The number of rotatable bonds is 3. The van der Waals surface area contributed by atoms with Crippen LogP contribution in [0, 0.1) is 6.92 Å². The van der Waals surface area contributed by atoms with E-state index in [9.17, 15) is 18.0 Å². The van der Waals surface area contributed by atoms with Gasteiger partial charge in [-0.1, -0.05) is 5.16 Å². The molecule has 0 bridgehead atoms. The van der Waals surface area contributed by atoms with Crippen LogP contribution in [0.1, 0.15) is 27.6 Å². The number of aryl methyl sites for hydroxylation is 1. The van der Waals surface area contributed by atoms with E-state index in [0.717, 1.165) is 12.1 Å². The van der Waals surface area contributed by atoms with Crippen molar-refractivity contribution in [2.24, 2.45) is 0 Å². The lowest BCUT2D eigenvalue weighted by Gasteiger charge is -2.12. The Kier molecular flexibility index (Phi) is 3.09. The second-order valence-electron chi connectivity index (χ2n) is 3.92. The van der Waals surface area contributed by atoms with Gasteiger partial charge in [0.25, 0.3) is 0 Å². The van der Waals surface area contributed by atoms with Crippen molar-refractivity contribution in [3.05, 3.63) is 41.0 Å². The SMILES string of the molecule is Cc1cc(Cn2c(C(=O)O)ccc2C(F)(F)F)no1. The number of aromatic carboxylic acids is 1. The zero-order valence-corrected chi connectivity index (χ0v) is 9.73. The molecule has 0 saturated carbocycles. The van der Waals surface area contributed by atoms with Crippen LogP contribution in [0.2, 0.25) is 0 Å². The molecule has 5 nitrogen and oxygen atoms in total. The Bertz CT molecular complexity index is 613. The van der Waals surface area contributed by atoms with Crippen LogP contribution >= 0.6 is 0 Å². The van der Waals surface area contributed by atoms with Gasteiger partial charge in [-0.3, -0.25) is 0 Å². The molecule has 0 aliphatic rings. The van der Waals surface area contributed by atoms with E-state index in [1.54, 1.807) is 6.92 Å². The summed E-state index contributed by atoms with van der Waals surface area (Å²) >= 11 is 0. The number of carboxylic acid groups (broad SMARTS) is 1. The fourth-order valence-corrected chi connectivity index (χ4v) is 1.73. The van der Waals surface area contributed by atoms with Crippen LogP contribution in [-0.2, 0) is 12.7 Å². The quantitative estimate of drug-likeness (QED) is 0.933. The number of hydrogen-bond acceptors (Lipinski definition) is 3. The fraction of sp³-hybridized carbons (Fsp3) is 0.273. The molecule has 0 atom stereocenters. The van der Waals surface area contributed by atoms with Crippen molar-refractivity contribution in [3.63, 3.8) is 0 Å². The fourth-order valence-electron chi connectivity index (χ4n) is 1.73. The molecule has 2 aromatic rings. The third-order valence-corrected chi connectivity index (χ3v) is 2.49.